The lowest BCUT2D eigenvalue weighted by atomic mass is 10.1. The number of hydrogen-bond acceptors (Lipinski definition) is 3. The summed E-state index contributed by atoms with van der Waals surface area (Å²) in [5.74, 6) is -10.5. The van der Waals surface area contributed by atoms with Crippen LogP contribution in [0.4, 0.5) is 39.0 Å². The highest BCUT2D eigenvalue weighted by atomic mass is 19.2. The molecule has 0 aromatic heterocycles. The van der Waals surface area contributed by atoms with Crippen LogP contribution in [0.5, 0.6) is 0 Å². The Morgan fingerprint density at radius 3 is 1.95 bits per heavy atom. The van der Waals surface area contributed by atoms with Gasteiger partial charge in [0, 0.05) is 5.69 Å². The molecule has 0 atom stereocenters. The van der Waals surface area contributed by atoms with Crippen molar-refractivity contribution < 1.29 is 22.0 Å². The molecule has 0 unspecified atom stereocenters. The molecule has 2 aromatic rings. The molecule has 8 heteroatoms. The molecule has 0 fully saturated rings. The number of halogens is 5. The summed E-state index contributed by atoms with van der Waals surface area (Å²) in [6.45, 7) is 0. The zero-order chi connectivity index (χ0) is 15.7. The lowest BCUT2D eigenvalue weighted by molar-refractivity contribution is 0.382. The molecule has 3 nitrogen and oxygen atoms in total. The first-order valence-corrected chi connectivity index (χ1v) is 5.45. The molecule has 0 aliphatic heterocycles. The molecule has 0 bridgehead atoms. The SMILES string of the molecule is N#Cc1cc(N)ccc1Nc1c(F)c(F)c(F)c(F)c1F. The van der Waals surface area contributed by atoms with Crippen LogP contribution in [0.3, 0.4) is 0 Å². The van der Waals surface area contributed by atoms with Crippen LogP contribution in [-0.4, -0.2) is 0 Å². The molecule has 0 aliphatic rings. The fraction of sp³-hybridized carbons (Fsp3) is 0. The average Bonchev–Trinajstić information content (AvgIpc) is 2.48. The third kappa shape index (κ3) is 2.45. The van der Waals surface area contributed by atoms with Gasteiger partial charge in [0.1, 0.15) is 11.8 Å². The standard InChI is InChI=1S/C13H6F5N3/c14-8-9(15)11(17)13(12(18)10(8)16)21-7-2-1-6(20)3-5(7)4-19/h1-3,21H,20H2. The van der Waals surface area contributed by atoms with Crippen LogP contribution >= 0.6 is 0 Å². The maximum atomic E-state index is 13.5. The molecule has 0 saturated carbocycles. The number of nitrogen functional groups attached to an aromatic ring is 1. The van der Waals surface area contributed by atoms with Gasteiger partial charge in [-0.1, -0.05) is 0 Å². The van der Waals surface area contributed by atoms with Crippen molar-refractivity contribution in [2.24, 2.45) is 0 Å². The van der Waals surface area contributed by atoms with Crippen molar-refractivity contribution in [2.75, 3.05) is 11.1 Å². The molecule has 2 aromatic carbocycles. The molecule has 3 N–H and O–H groups in total. The zero-order valence-corrected chi connectivity index (χ0v) is 10.1. The predicted octanol–water partition coefficient (Wildman–Crippen LogP) is 3.58. The second-order valence-corrected chi connectivity index (χ2v) is 3.99. The van der Waals surface area contributed by atoms with Gasteiger partial charge in [0.25, 0.3) is 0 Å². The highest BCUT2D eigenvalue weighted by Crippen LogP contribution is 2.31. The molecular weight excluding hydrogens is 293 g/mol. The van der Waals surface area contributed by atoms with Gasteiger partial charge < -0.3 is 11.1 Å². The van der Waals surface area contributed by atoms with Gasteiger partial charge in [-0.05, 0) is 18.2 Å². The van der Waals surface area contributed by atoms with Crippen molar-refractivity contribution in [1.82, 2.24) is 0 Å². The molecule has 0 amide bonds. The summed E-state index contributed by atoms with van der Waals surface area (Å²) in [6, 6.07) is 5.36. The first-order valence-electron chi connectivity index (χ1n) is 5.45. The largest absolute Gasteiger partial charge is 0.399 e. The fourth-order valence-electron chi connectivity index (χ4n) is 1.61. The topological polar surface area (TPSA) is 61.8 Å². The van der Waals surface area contributed by atoms with Gasteiger partial charge in [-0.15, -0.1) is 0 Å². The third-order valence-electron chi connectivity index (χ3n) is 2.63. The summed E-state index contributed by atoms with van der Waals surface area (Å²) in [5.41, 5.74) is 4.13. The first kappa shape index (κ1) is 14.6. The highest BCUT2D eigenvalue weighted by molar-refractivity contribution is 5.70. The molecule has 0 heterocycles. The smallest absolute Gasteiger partial charge is 0.200 e. The van der Waals surface area contributed by atoms with Crippen LogP contribution in [-0.2, 0) is 0 Å². The maximum Gasteiger partial charge on any atom is 0.200 e. The van der Waals surface area contributed by atoms with E-state index in [4.69, 9.17) is 11.0 Å². The van der Waals surface area contributed by atoms with Crippen LogP contribution in [0, 0.1) is 40.4 Å². The summed E-state index contributed by atoms with van der Waals surface area (Å²) in [6.07, 6.45) is 0. The van der Waals surface area contributed by atoms with Crippen molar-refractivity contribution in [3.8, 4) is 6.07 Å². The Labute approximate surface area is 115 Å². The number of nitrogens with one attached hydrogen (secondary N) is 1. The van der Waals surface area contributed by atoms with Gasteiger partial charge in [-0.2, -0.15) is 5.26 Å². The van der Waals surface area contributed by atoms with E-state index in [0.29, 0.717) is 0 Å². The first-order chi connectivity index (χ1) is 9.86. The van der Waals surface area contributed by atoms with Crippen LogP contribution in [0.15, 0.2) is 18.2 Å². The summed E-state index contributed by atoms with van der Waals surface area (Å²) in [7, 11) is 0. The van der Waals surface area contributed by atoms with Crippen LogP contribution in [0.1, 0.15) is 5.56 Å². The van der Waals surface area contributed by atoms with E-state index >= 15 is 0 Å². The van der Waals surface area contributed by atoms with E-state index in [-0.39, 0.29) is 16.9 Å². The molecule has 0 spiro atoms. The maximum absolute atomic E-state index is 13.5. The quantitative estimate of drug-likeness (QED) is 0.385. The van der Waals surface area contributed by atoms with Gasteiger partial charge in [0.15, 0.2) is 23.3 Å². The Balaban J connectivity index is 2.58. The lowest BCUT2D eigenvalue weighted by Gasteiger charge is -2.12. The number of rotatable bonds is 2. The lowest BCUT2D eigenvalue weighted by Crippen LogP contribution is -2.07. The van der Waals surface area contributed by atoms with E-state index in [1.165, 1.54) is 18.2 Å². The van der Waals surface area contributed by atoms with Gasteiger partial charge in [-0.25, -0.2) is 22.0 Å². The molecule has 21 heavy (non-hydrogen) atoms. The number of anilines is 3. The van der Waals surface area contributed by atoms with Gasteiger partial charge in [0.2, 0.25) is 5.82 Å². The minimum atomic E-state index is -2.26. The number of hydrogen-bond donors (Lipinski definition) is 2. The van der Waals surface area contributed by atoms with Crippen LogP contribution < -0.4 is 11.1 Å². The molecule has 0 saturated heterocycles. The normalized spacial score (nSPS) is 10.3. The summed E-state index contributed by atoms with van der Waals surface area (Å²) >= 11 is 0. The summed E-state index contributed by atoms with van der Waals surface area (Å²) in [4.78, 5) is 0. The Hall–Kier alpha value is -2.82. The number of benzene rings is 2. The van der Waals surface area contributed by atoms with E-state index in [0.717, 1.165) is 0 Å². The minimum absolute atomic E-state index is 0.112. The number of nitrogens with two attached hydrogens (primary N) is 1. The second kappa shape index (κ2) is 5.28. The van der Waals surface area contributed by atoms with Crippen molar-refractivity contribution in [2.45, 2.75) is 0 Å². The minimum Gasteiger partial charge on any atom is -0.399 e. The van der Waals surface area contributed by atoms with Gasteiger partial charge in [0.05, 0.1) is 11.3 Å². The zero-order valence-electron chi connectivity index (χ0n) is 10.1. The average molecular weight is 299 g/mol. The molecule has 0 aliphatic carbocycles. The van der Waals surface area contributed by atoms with E-state index in [9.17, 15) is 22.0 Å². The Morgan fingerprint density at radius 2 is 1.43 bits per heavy atom. The van der Waals surface area contributed by atoms with Gasteiger partial charge in [-0.3, -0.25) is 0 Å². The molecule has 0 radical (unpaired) electrons. The molecular formula is C13H6F5N3. The van der Waals surface area contributed by atoms with E-state index in [2.05, 4.69) is 0 Å². The molecule has 108 valence electrons. The van der Waals surface area contributed by atoms with E-state index in [1.807, 2.05) is 5.32 Å². The highest BCUT2D eigenvalue weighted by Gasteiger charge is 2.26. The van der Waals surface area contributed by atoms with Crippen molar-refractivity contribution in [3.05, 3.63) is 52.8 Å². The van der Waals surface area contributed by atoms with E-state index in [1.54, 1.807) is 6.07 Å². The van der Waals surface area contributed by atoms with Crippen LogP contribution in [0.2, 0.25) is 0 Å². The Morgan fingerprint density at radius 1 is 0.905 bits per heavy atom. The fourth-order valence-corrected chi connectivity index (χ4v) is 1.61. The Kier molecular flexibility index (Phi) is 3.67. The van der Waals surface area contributed by atoms with Crippen LogP contribution in [0.25, 0.3) is 0 Å². The second-order valence-electron chi connectivity index (χ2n) is 3.99. The van der Waals surface area contributed by atoms with Gasteiger partial charge >= 0.3 is 0 Å². The van der Waals surface area contributed by atoms with E-state index < -0.39 is 34.8 Å². The third-order valence-corrected chi connectivity index (χ3v) is 2.63. The van der Waals surface area contributed by atoms with Crippen molar-refractivity contribution in [3.63, 3.8) is 0 Å². The Bertz CT molecular complexity index is 738. The summed E-state index contributed by atoms with van der Waals surface area (Å²) < 4.78 is 66.1. The summed E-state index contributed by atoms with van der Waals surface area (Å²) in [5, 5.41) is 10.9. The predicted molar refractivity (Wildman–Crippen MR) is 65.1 cm³/mol. The number of nitriles is 1. The van der Waals surface area contributed by atoms with Crippen molar-refractivity contribution in [1.29, 1.82) is 5.26 Å². The monoisotopic (exact) mass is 299 g/mol. The van der Waals surface area contributed by atoms with Crippen molar-refractivity contribution >= 4 is 17.1 Å². The molecule has 2 rings (SSSR count). The number of nitrogens with zero attached hydrogens (tertiary/aromatic N) is 1.